The van der Waals surface area contributed by atoms with E-state index in [0.717, 1.165) is 27.8 Å². The second-order valence-corrected chi connectivity index (χ2v) is 11.8. The summed E-state index contributed by atoms with van der Waals surface area (Å²) in [6.07, 6.45) is 3.77. The third kappa shape index (κ3) is 6.01. The Balaban J connectivity index is 0.00000387. The van der Waals surface area contributed by atoms with Gasteiger partial charge in [-0.05, 0) is 19.1 Å². The molecule has 2 aliphatic rings. The van der Waals surface area contributed by atoms with Crippen molar-refractivity contribution in [1.82, 2.24) is 19.6 Å². The highest BCUT2D eigenvalue weighted by Gasteiger charge is 2.53. The number of nitrogens with two attached hydrogens (primary N) is 2. The van der Waals surface area contributed by atoms with Gasteiger partial charge in [-0.3, -0.25) is 14.5 Å². The number of hydrogen-bond acceptors (Lipinski definition) is 12. The maximum Gasteiger partial charge on any atom is 0.287 e. The number of hydrogen-bond donors (Lipinski definition) is 3. The molecule has 3 aromatic heterocycles. The first-order chi connectivity index (χ1) is 19.3. The summed E-state index contributed by atoms with van der Waals surface area (Å²) >= 11 is 4.13. The number of aliphatic carboxylic acids is 1. The number of halogens is 1. The van der Waals surface area contributed by atoms with Gasteiger partial charge in [-0.25, -0.2) is 9.55 Å². The van der Waals surface area contributed by atoms with E-state index in [-0.39, 0.29) is 47.8 Å². The van der Waals surface area contributed by atoms with E-state index < -0.39 is 29.2 Å². The third-order valence-electron chi connectivity index (χ3n) is 6.18. The molecular formula is C24H27ClN8O5S3. The van der Waals surface area contributed by atoms with Crippen molar-refractivity contribution in [3.63, 3.8) is 0 Å². The molecule has 5 N–H and O–H groups in total. The van der Waals surface area contributed by atoms with Crippen molar-refractivity contribution in [3.8, 4) is 0 Å². The molecule has 0 aromatic carbocycles. The number of anilines is 1. The molecule has 0 bridgehead atoms. The lowest BCUT2D eigenvalue weighted by molar-refractivity contribution is -0.662. The van der Waals surface area contributed by atoms with Crippen molar-refractivity contribution in [1.29, 1.82) is 0 Å². The second-order valence-electron chi connectivity index (χ2n) is 8.68. The molecule has 2 amide bonds. The Labute approximate surface area is 253 Å². The number of carboxylic acid groups (broad SMARTS) is 1. The van der Waals surface area contributed by atoms with Gasteiger partial charge in [0.05, 0.1) is 11.7 Å². The predicted octanol–water partition coefficient (Wildman–Crippen LogP) is -0.417. The molecule has 2 atom stereocenters. The van der Waals surface area contributed by atoms with Crippen molar-refractivity contribution < 1.29 is 28.9 Å². The normalized spacial score (nSPS) is 18.5. The van der Waals surface area contributed by atoms with Crippen LogP contribution in [-0.2, 0) is 25.8 Å². The highest BCUT2D eigenvalue weighted by molar-refractivity contribution is 8.00. The molecular weight excluding hydrogens is 612 g/mol. The van der Waals surface area contributed by atoms with E-state index in [2.05, 4.69) is 15.5 Å². The Morgan fingerprint density at radius 2 is 2.20 bits per heavy atom. The maximum atomic E-state index is 13.2. The van der Waals surface area contributed by atoms with E-state index >= 15 is 0 Å². The number of β-lactam (4-membered cyclic amide) rings is 1. The molecule has 3 aromatic rings. The molecule has 2 aliphatic heterocycles. The van der Waals surface area contributed by atoms with E-state index in [4.69, 9.17) is 16.3 Å². The van der Waals surface area contributed by atoms with Crippen LogP contribution >= 0.6 is 47.3 Å². The van der Waals surface area contributed by atoms with Gasteiger partial charge in [-0.15, -0.1) is 35.5 Å². The Morgan fingerprint density at radius 3 is 2.88 bits per heavy atom. The predicted molar refractivity (Wildman–Crippen MR) is 156 cm³/mol. The minimum atomic E-state index is -1.45. The standard InChI is InChI=1S/C24H26N8O5S3.ClH/c1-2-37-29-17(14-12-40-24(26)27-14)20(33)28-18-21(34)32-19(23(35)36)13(11-39-22(18)32)10-30-7-8-31-15(30)4-3-5-16(31)38-9-6-25;/h3-5,7-8,12,18,22H,2,6,9-11,25H2,1H3,(H3-,26,27,28,33,35,36);1H/b29-17-;/t18-,22-;/m1./s1. The number of nitrogen functional groups attached to an aromatic ring is 1. The number of thiazole rings is 1. The number of oxime groups is 1. The van der Waals surface area contributed by atoms with Crippen LogP contribution in [0.1, 0.15) is 12.6 Å². The van der Waals surface area contributed by atoms with Crippen molar-refractivity contribution in [2.75, 3.05) is 30.4 Å². The van der Waals surface area contributed by atoms with Crippen molar-refractivity contribution in [2.45, 2.75) is 29.9 Å². The zero-order chi connectivity index (χ0) is 28.4. The summed E-state index contributed by atoms with van der Waals surface area (Å²) in [6.45, 7) is 2.73. The number of imidazole rings is 1. The molecule has 1 fully saturated rings. The fourth-order valence-corrected chi connectivity index (χ4v) is 7.13. The second kappa shape index (κ2) is 13.1. The van der Waals surface area contributed by atoms with Crippen LogP contribution in [0.5, 0.6) is 0 Å². The number of pyridine rings is 1. The maximum absolute atomic E-state index is 13.2. The molecule has 13 nitrogen and oxygen atoms in total. The van der Waals surface area contributed by atoms with Gasteiger partial charge in [0.1, 0.15) is 42.7 Å². The van der Waals surface area contributed by atoms with Gasteiger partial charge in [0.25, 0.3) is 17.5 Å². The molecule has 5 rings (SSSR count). The number of carbonyl (C=O) groups excluding carboxylic acids is 3. The van der Waals surface area contributed by atoms with Gasteiger partial charge in [-0.2, -0.15) is 4.40 Å². The Bertz CT molecular complexity index is 1540. The first-order valence-electron chi connectivity index (χ1n) is 12.3. The summed E-state index contributed by atoms with van der Waals surface area (Å²) in [5.41, 5.74) is 12.7. The summed E-state index contributed by atoms with van der Waals surface area (Å²) in [5.74, 6) is -1.58. The molecule has 0 saturated carbocycles. The lowest BCUT2D eigenvalue weighted by atomic mass is 10.0. The first-order valence-corrected chi connectivity index (χ1v) is 15.2. The molecule has 218 valence electrons. The number of nitrogens with zero attached hydrogens (tertiary/aromatic N) is 5. The number of rotatable bonds is 11. The van der Waals surface area contributed by atoms with Crippen molar-refractivity contribution >= 4 is 81.5 Å². The van der Waals surface area contributed by atoms with Crippen LogP contribution in [0.3, 0.4) is 0 Å². The molecule has 5 heterocycles. The van der Waals surface area contributed by atoms with E-state index in [1.165, 1.54) is 16.7 Å². The van der Waals surface area contributed by atoms with Gasteiger partial charge in [-0.1, -0.05) is 16.9 Å². The van der Waals surface area contributed by atoms with Gasteiger partial charge in [0.15, 0.2) is 15.9 Å². The van der Waals surface area contributed by atoms with Crippen LogP contribution in [0.15, 0.2) is 57.4 Å². The van der Waals surface area contributed by atoms with Crippen LogP contribution in [0.4, 0.5) is 5.13 Å². The minimum Gasteiger partial charge on any atom is -0.543 e. The molecule has 0 unspecified atom stereocenters. The van der Waals surface area contributed by atoms with E-state index in [1.807, 2.05) is 39.6 Å². The van der Waals surface area contributed by atoms with Crippen molar-refractivity contribution in [2.24, 2.45) is 10.9 Å². The van der Waals surface area contributed by atoms with Crippen molar-refractivity contribution in [3.05, 3.63) is 52.9 Å². The highest BCUT2D eigenvalue weighted by atomic mass is 35.5. The van der Waals surface area contributed by atoms with E-state index in [0.29, 0.717) is 17.9 Å². The van der Waals surface area contributed by atoms with Crippen LogP contribution in [0.2, 0.25) is 0 Å². The van der Waals surface area contributed by atoms with Gasteiger partial charge < -0.3 is 31.5 Å². The average Bonchev–Trinajstić information content (AvgIpc) is 3.56. The SMILES string of the molecule is CCO/N=C(\C(=O)N[C@@H]1C(=O)N2C(C(=O)[O-])=C(C[n+]3ccn4c(SCCN)cccc43)CS[C@H]12)c1csc(N)n1.Cl. The molecule has 0 aliphatic carbocycles. The molecule has 0 radical (unpaired) electrons. The summed E-state index contributed by atoms with van der Waals surface area (Å²) < 4.78 is 3.93. The smallest absolute Gasteiger partial charge is 0.287 e. The summed E-state index contributed by atoms with van der Waals surface area (Å²) in [7, 11) is 0. The summed E-state index contributed by atoms with van der Waals surface area (Å²) in [5, 5.41) is 21.0. The average molecular weight is 639 g/mol. The lowest BCUT2D eigenvalue weighted by Crippen LogP contribution is -2.71. The summed E-state index contributed by atoms with van der Waals surface area (Å²) in [4.78, 5) is 48.8. The number of amides is 2. The van der Waals surface area contributed by atoms with Gasteiger partial charge >= 0.3 is 0 Å². The molecule has 17 heteroatoms. The van der Waals surface area contributed by atoms with Gasteiger partial charge in [0, 0.05) is 35.1 Å². The lowest BCUT2D eigenvalue weighted by Gasteiger charge is -2.50. The zero-order valence-corrected chi connectivity index (χ0v) is 25.0. The third-order valence-corrected chi connectivity index (χ3v) is 9.26. The van der Waals surface area contributed by atoms with Crippen LogP contribution in [-0.4, -0.2) is 73.9 Å². The molecule has 0 spiro atoms. The number of fused-ring (bicyclic) bond motifs is 2. The van der Waals surface area contributed by atoms with Crippen LogP contribution in [0.25, 0.3) is 5.65 Å². The van der Waals surface area contributed by atoms with Crippen LogP contribution in [0, 0.1) is 0 Å². The van der Waals surface area contributed by atoms with E-state index in [9.17, 15) is 19.5 Å². The topological polar surface area (TPSA) is 184 Å². The van der Waals surface area contributed by atoms with Gasteiger partial charge in [0.2, 0.25) is 0 Å². The zero-order valence-electron chi connectivity index (χ0n) is 21.7. The summed E-state index contributed by atoms with van der Waals surface area (Å²) in [6, 6.07) is 4.90. The number of carbonyl (C=O) groups is 3. The number of aromatic nitrogens is 3. The Hall–Kier alpha value is -3.31. The molecule has 41 heavy (non-hydrogen) atoms. The highest BCUT2D eigenvalue weighted by Crippen LogP contribution is 2.40. The quantitative estimate of drug-likeness (QED) is 0.0819. The Kier molecular flexibility index (Phi) is 9.80. The first kappa shape index (κ1) is 30.6. The van der Waals surface area contributed by atoms with E-state index in [1.54, 1.807) is 24.1 Å². The van der Waals surface area contributed by atoms with Crippen LogP contribution < -0.4 is 26.5 Å². The number of nitrogens with one attached hydrogen (secondary N) is 1. The Morgan fingerprint density at radius 1 is 1.39 bits per heavy atom. The largest absolute Gasteiger partial charge is 0.543 e. The fraction of sp³-hybridized carbons (Fsp3) is 0.333. The molecule has 1 saturated heterocycles. The number of carboxylic acids is 1. The number of thioether (sulfide) groups is 2. The monoisotopic (exact) mass is 638 g/mol. The minimum absolute atomic E-state index is 0. The fourth-order valence-electron chi connectivity index (χ4n) is 4.45.